The van der Waals surface area contributed by atoms with Crippen molar-refractivity contribution in [3.63, 3.8) is 0 Å². The van der Waals surface area contributed by atoms with Crippen molar-refractivity contribution in [1.29, 1.82) is 0 Å². The van der Waals surface area contributed by atoms with Gasteiger partial charge in [0, 0.05) is 43.0 Å². The summed E-state index contributed by atoms with van der Waals surface area (Å²) in [4.78, 5) is 42.3. The van der Waals surface area contributed by atoms with Crippen LogP contribution >= 0.6 is 0 Å². The first-order chi connectivity index (χ1) is 16.7. The number of likely N-dealkylation sites (tertiary alicyclic amines) is 1. The molecular formula is C26H32N4O5. The quantitative estimate of drug-likeness (QED) is 0.181. The number of anilines is 1. The number of non-ortho nitro benzene ring substituents is 1. The number of rotatable bonds is 10. The number of Topliss-reactive ketones (excluding diaryl/α,β-unsaturated/α-hetero) is 1. The Morgan fingerprint density at radius 2 is 1.63 bits per heavy atom. The highest BCUT2D eigenvalue weighted by atomic mass is 16.6. The van der Waals surface area contributed by atoms with Gasteiger partial charge in [0.25, 0.3) is 17.4 Å². The number of nitro benzene ring substituents is 1. The lowest BCUT2D eigenvalue weighted by Gasteiger charge is -2.27. The van der Waals surface area contributed by atoms with E-state index in [9.17, 15) is 24.8 Å². The van der Waals surface area contributed by atoms with E-state index in [0.717, 1.165) is 25.3 Å². The molecule has 0 spiro atoms. The van der Waals surface area contributed by atoms with Crippen molar-refractivity contribution < 1.29 is 19.6 Å². The Balaban J connectivity index is 2.07. The highest BCUT2D eigenvalue weighted by Gasteiger charge is 2.45. The normalized spacial score (nSPS) is 17.3. The van der Waals surface area contributed by atoms with Crippen molar-refractivity contribution in [1.82, 2.24) is 9.80 Å². The van der Waals surface area contributed by atoms with Crippen LogP contribution in [0.1, 0.15) is 37.4 Å². The minimum absolute atomic E-state index is 0.00991. The number of aliphatic hydroxyl groups is 1. The Morgan fingerprint density at radius 1 is 1.03 bits per heavy atom. The van der Waals surface area contributed by atoms with E-state index in [-0.39, 0.29) is 22.6 Å². The van der Waals surface area contributed by atoms with Crippen LogP contribution in [-0.2, 0) is 9.59 Å². The first-order valence-corrected chi connectivity index (χ1v) is 11.7. The van der Waals surface area contributed by atoms with Gasteiger partial charge in [-0.15, -0.1) is 0 Å². The zero-order chi connectivity index (χ0) is 25.7. The monoisotopic (exact) mass is 480 g/mol. The van der Waals surface area contributed by atoms with Gasteiger partial charge in [-0.2, -0.15) is 0 Å². The molecule has 2 aromatic carbocycles. The van der Waals surface area contributed by atoms with E-state index in [4.69, 9.17) is 0 Å². The van der Waals surface area contributed by atoms with E-state index in [1.165, 1.54) is 29.2 Å². The maximum absolute atomic E-state index is 13.1. The summed E-state index contributed by atoms with van der Waals surface area (Å²) < 4.78 is 0. The van der Waals surface area contributed by atoms with Crippen molar-refractivity contribution >= 4 is 28.8 Å². The maximum atomic E-state index is 13.1. The molecule has 1 amide bonds. The van der Waals surface area contributed by atoms with Crippen LogP contribution in [0.4, 0.5) is 11.4 Å². The van der Waals surface area contributed by atoms with Gasteiger partial charge in [0.2, 0.25) is 0 Å². The molecule has 1 heterocycles. The molecular weight excluding hydrogens is 448 g/mol. The number of ketones is 1. The van der Waals surface area contributed by atoms with Crippen molar-refractivity contribution in [3.8, 4) is 0 Å². The van der Waals surface area contributed by atoms with Gasteiger partial charge >= 0.3 is 0 Å². The second-order valence-corrected chi connectivity index (χ2v) is 8.72. The number of aliphatic hydroxyl groups excluding tert-OH is 1. The van der Waals surface area contributed by atoms with Crippen LogP contribution in [0.15, 0.2) is 54.1 Å². The standard InChI is InChI=1S/C26H32N4O5/c1-5-28(6-2)20-12-8-18(9-13-20)23-22(24(31)19-10-14-21(15-11-19)30(34)35)25(32)26(33)29(23)17-7-16-27(3)4/h8-15,23,31H,5-7,16-17H2,1-4H3/b24-22-. The Bertz CT molecular complexity index is 1110. The summed E-state index contributed by atoms with van der Waals surface area (Å²) in [6.45, 7) is 6.92. The molecule has 0 aromatic heterocycles. The van der Waals surface area contributed by atoms with Gasteiger partial charge in [-0.05, 0) is 70.7 Å². The molecule has 186 valence electrons. The summed E-state index contributed by atoms with van der Waals surface area (Å²) in [5.74, 6) is -1.76. The zero-order valence-corrected chi connectivity index (χ0v) is 20.6. The van der Waals surface area contributed by atoms with Gasteiger partial charge in [0.15, 0.2) is 0 Å². The Labute approximate surface area is 205 Å². The van der Waals surface area contributed by atoms with Crippen LogP contribution < -0.4 is 4.90 Å². The third kappa shape index (κ3) is 5.51. The summed E-state index contributed by atoms with van der Waals surface area (Å²) in [6, 6.07) is 12.2. The van der Waals surface area contributed by atoms with Crippen molar-refractivity contribution in [2.75, 3.05) is 45.2 Å². The topological polar surface area (TPSA) is 107 Å². The Morgan fingerprint density at radius 3 is 2.14 bits per heavy atom. The Hall–Kier alpha value is -3.72. The summed E-state index contributed by atoms with van der Waals surface area (Å²) in [7, 11) is 3.87. The number of carbonyl (C=O) groups is 2. The lowest BCUT2D eigenvalue weighted by atomic mass is 9.95. The first kappa shape index (κ1) is 25.9. The van der Waals surface area contributed by atoms with Gasteiger partial charge in [0.05, 0.1) is 16.5 Å². The fourth-order valence-electron chi connectivity index (χ4n) is 4.37. The predicted molar refractivity (Wildman–Crippen MR) is 135 cm³/mol. The lowest BCUT2D eigenvalue weighted by molar-refractivity contribution is -0.384. The SMILES string of the molecule is CCN(CC)c1ccc(C2/C(=C(/O)c3ccc([N+](=O)[O-])cc3)C(=O)C(=O)N2CCCN(C)C)cc1. The molecule has 1 saturated heterocycles. The first-order valence-electron chi connectivity index (χ1n) is 11.7. The van der Waals surface area contributed by atoms with E-state index in [1.807, 2.05) is 43.3 Å². The third-order valence-electron chi connectivity index (χ3n) is 6.23. The molecule has 1 aliphatic heterocycles. The fourth-order valence-corrected chi connectivity index (χ4v) is 4.37. The maximum Gasteiger partial charge on any atom is 0.295 e. The molecule has 0 saturated carbocycles. The van der Waals surface area contributed by atoms with E-state index in [1.54, 1.807) is 0 Å². The van der Waals surface area contributed by atoms with E-state index >= 15 is 0 Å². The number of nitro groups is 1. The van der Waals surface area contributed by atoms with Gasteiger partial charge in [-0.3, -0.25) is 19.7 Å². The number of amides is 1. The molecule has 0 bridgehead atoms. The summed E-state index contributed by atoms with van der Waals surface area (Å²) in [5, 5.41) is 22.1. The molecule has 9 nitrogen and oxygen atoms in total. The van der Waals surface area contributed by atoms with Gasteiger partial charge in [-0.25, -0.2) is 0 Å². The van der Waals surface area contributed by atoms with Crippen LogP contribution in [0.5, 0.6) is 0 Å². The molecule has 1 aliphatic rings. The van der Waals surface area contributed by atoms with Gasteiger partial charge in [-0.1, -0.05) is 12.1 Å². The number of carbonyl (C=O) groups excluding carboxylic acids is 2. The molecule has 3 rings (SSSR count). The molecule has 1 atom stereocenters. The van der Waals surface area contributed by atoms with Crippen LogP contribution in [0, 0.1) is 10.1 Å². The molecule has 0 aliphatic carbocycles. The molecule has 0 radical (unpaired) electrons. The average Bonchev–Trinajstić information content (AvgIpc) is 3.09. The molecule has 1 fully saturated rings. The molecule has 9 heteroatoms. The average molecular weight is 481 g/mol. The molecule has 1 N–H and O–H groups in total. The smallest absolute Gasteiger partial charge is 0.295 e. The minimum Gasteiger partial charge on any atom is -0.507 e. The van der Waals surface area contributed by atoms with Gasteiger partial charge < -0.3 is 19.8 Å². The van der Waals surface area contributed by atoms with E-state index < -0.39 is 22.7 Å². The zero-order valence-electron chi connectivity index (χ0n) is 20.6. The summed E-state index contributed by atoms with van der Waals surface area (Å²) >= 11 is 0. The van der Waals surface area contributed by atoms with Crippen LogP contribution in [0.25, 0.3) is 5.76 Å². The van der Waals surface area contributed by atoms with E-state index in [0.29, 0.717) is 18.5 Å². The Kier molecular flexibility index (Phi) is 8.24. The van der Waals surface area contributed by atoms with Gasteiger partial charge in [0.1, 0.15) is 5.76 Å². The fraction of sp³-hybridized carbons (Fsp3) is 0.385. The van der Waals surface area contributed by atoms with Crippen LogP contribution in [0.3, 0.4) is 0 Å². The van der Waals surface area contributed by atoms with Crippen molar-refractivity contribution in [2.45, 2.75) is 26.3 Å². The molecule has 1 unspecified atom stereocenters. The summed E-state index contributed by atoms with van der Waals surface area (Å²) in [5.41, 5.74) is 1.84. The second kappa shape index (κ2) is 11.1. The number of nitrogens with zero attached hydrogens (tertiary/aromatic N) is 4. The highest BCUT2D eigenvalue weighted by molar-refractivity contribution is 6.46. The number of benzene rings is 2. The third-order valence-corrected chi connectivity index (χ3v) is 6.23. The summed E-state index contributed by atoms with van der Waals surface area (Å²) in [6.07, 6.45) is 0.658. The van der Waals surface area contributed by atoms with Crippen molar-refractivity contribution in [2.24, 2.45) is 0 Å². The van der Waals surface area contributed by atoms with Crippen molar-refractivity contribution in [3.05, 3.63) is 75.3 Å². The second-order valence-electron chi connectivity index (χ2n) is 8.72. The highest BCUT2D eigenvalue weighted by Crippen LogP contribution is 2.40. The van der Waals surface area contributed by atoms with Crippen LogP contribution in [-0.4, -0.2) is 71.8 Å². The number of hydrogen-bond acceptors (Lipinski definition) is 7. The predicted octanol–water partition coefficient (Wildman–Crippen LogP) is 3.81. The lowest BCUT2D eigenvalue weighted by Crippen LogP contribution is -2.32. The van der Waals surface area contributed by atoms with E-state index in [2.05, 4.69) is 18.7 Å². The molecule has 2 aromatic rings. The molecule has 35 heavy (non-hydrogen) atoms. The minimum atomic E-state index is -0.761. The largest absolute Gasteiger partial charge is 0.507 e. The van der Waals surface area contributed by atoms with Crippen LogP contribution in [0.2, 0.25) is 0 Å². The number of hydrogen-bond donors (Lipinski definition) is 1.